The van der Waals surface area contributed by atoms with E-state index in [9.17, 15) is 26.0 Å². The van der Waals surface area contributed by atoms with Crippen LogP contribution in [0.1, 0.15) is 36.9 Å². The van der Waals surface area contributed by atoms with Gasteiger partial charge >= 0.3 is 0 Å². The monoisotopic (exact) mass is 511 g/mol. The molecule has 0 aliphatic rings. The van der Waals surface area contributed by atoms with Gasteiger partial charge in [-0.1, -0.05) is 30.7 Å². The minimum Gasteiger partial charge on any atom is -0.372 e. The topological polar surface area (TPSA) is 102 Å². The third-order valence-electron chi connectivity index (χ3n) is 4.91. The van der Waals surface area contributed by atoms with Crippen LogP contribution >= 0.6 is 0 Å². The summed E-state index contributed by atoms with van der Waals surface area (Å²) in [5.74, 6) is -1.04. The third kappa shape index (κ3) is 8.76. The number of hydrogen-bond acceptors (Lipinski definition) is 4. The number of halogens is 4. The zero-order valence-electron chi connectivity index (χ0n) is 18.6. The Labute approximate surface area is 201 Å². The summed E-state index contributed by atoms with van der Waals surface area (Å²) in [5, 5.41) is 0. The van der Waals surface area contributed by atoms with Gasteiger partial charge < -0.3 is 5.73 Å². The van der Waals surface area contributed by atoms with E-state index in [1.807, 2.05) is 0 Å². The number of benzene rings is 2. The summed E-state index contributed by atoms with van der Waals surface area (Å²) < 4.78 is 79.3. The van der Waals surface area contributed by atoms with Crippen molar-refractivity contribution in [2.45, 2.75) is 37.0 Å². The van der Waals surface area contributed by atoms with E-state index in [-0.39, 0.29) is 23.4 Å². The standard InChI is InChI=1S/C23H22F4N2O2S.CH3NO/c24-18-9-11-20(12-10-18)32(30,31)29-13-3-1-2-4-19-14-21(22(25)15-28-19)16-5-7-17(8-6-16)23(26)27;2-1-3/h5-12,14-15,23,29H,1-4,13H2;1H,(H2,2,3). The van der Waals surface area contributed by atoms with Crippen LogP contribution < -0.4 is 10.5 Å². The van der Waals surface area contributed by atoms with Gasteiger partial charge in [-0.25, -0.2) is 30.7 Å². The first-order valence-electron chi connectivity index (χ1n) is 10.6. The molecule has 3 aromatic rings. The minimum atomic E-state index is -3.68. The highest BCUT2D eigenvalue weighted by Gasteiger charge is 2.13. The predicted molar refractivity (Wildman–Crippen MR) is 124 cm³/mol. The molecule has 1 aromatic heterocycles. The number of nitrogens with two attached hydrogens (primary N) is 1. The molecule has 0 fully saturated rings. The van der Waals surface area contributed by atoms with Gasteiger partial charge in [0, 0.05) is 23.4 Å². The van der Waals surface area contributed by atoms with Crippen LogP contribution in [0.4, 0.5) is 17.6 Å². The molecular weight excluding hydrogens is 486 g/mol. The van der Waals surface area contributed by atoms with Crippen molar-refractivity contribution in [3.05, 3.63) is 83.7 Å². The second kappa shape index (κ2) is 13.5. The van der Waals surface area contributed by atoms with E-state index in [1.165, 1.54) is 36.4 Å². The summed E-state index contributed by atoms with van der Waals surface area (Å²) >= 11 is 0. The number of hydrogen-bond donors (Lipinski definition) is 2. The Morgan fingerprint density at radius 1 is 0.971 bits per heavy atom. The second-order valence-electron chi connectivity index (χ2n) is 7.38. The Kier molecular flexibility index (Phi) is 10.8. The van der Waals surface area contributed by atoms with Gasteiger partial charge in [0.15, 0.2) is 0 Å². The molecule has 35 heavy (non-hydrogen) atoms. The lowest BCUT2D eigenvalue weighted by molar-refractivity contribution is -0.106. The maximum atomic E-state index is 14.2. The number of sulfonamides is 1. The lowest BCUT2D eigenvalue weighted by atomic mass is 10.0. The molecule has 0 saturated heterocycles. The van der Waals surface area contributed by atoms with Crippen LogP contribution in [0.5, 0.6) is 0 Å². The number of pyridine rings is 1. The van der Waals surface area contributed by atoms with Gasteiger partial charge in [-0.15, -0.1) is 0 Å². The number of aryl methyl sites for hydroxylation is 1. The van der Waals surface area contributed by atoms with Crippen molar-refractivity contribution in [3.8, 4) is 11.1 Å². The van der Waals surface area contributed by atoms with Crippen LogP contribution in [0.2, 0.25) is 0 Å². The minimum absolute atomic E-state index is 0.00326. The van der Waals surface area contributed by atoms with Crippen LogP contribution in [0.15, 0.2) is 65.7 Å². The average molecular weight is 512 g/mol. The zero-order chi connectivity index (χ0) is 25.8. The molecule has 188 valence electrons. The number of carbonyl (C=O) groups excluding carboxylic acids is 1. The fourth-order valence-corrected chi connectivity index (χ4v) is 4.23. The highest BCUT2D eigenvalue weighted by Crippen LogP contribution is 2.26. The maximum absolute atomic E-state index is 14.2. The highest BCUT2D eigenvalue weighted by molar-refractivity contribution is 7.89. The SMILES string of the molecule is NC=O.O=S(=O)(NCCCCCc1cc(-c2ccc(C(F)F)cc2)c(F)cn1)c1ccc(F)cc1. The van der Waals surface area contributed by atoms with Crippen LogP contribution in [0.3, 0.4) is 0 Å². The first kappa shape index (κ1) is 27.9. The Hall–Kier alpha value is -3.31. The molecule has 3 rings (SSSR count). The molecule has 1 amide bonds. The Morgan fingerprint density at radius 3 is 2.20 bits per heavy atom. The van der Waals surface area contributed by atoms with E-state index in [1.54, 1.807) is 6.07 Å². The molecule has 0 saturated carbocycles. The Morgan fingerprint density at radius 2 is 1.60 bits per heavy atom. The predicted octanol–water partition coefficient (Wildman–Crippen LogP) is 4.76. The van der Waals surface area contributed by atoms with Crippen LogP contribution in [0.25, 0.3) is 11.1 Å². The molecule has 0 aliphatic heterocycles. The van der Waals surface area contributed by atoms with Gasteiger partial charge in [-0.2, -0.15) is 0 Å². The van der Waals surface area contributed by atoms with Gasteiger partial charge in [0.05, 0.1) is 11.1 Å². The number of primary amides is 1. The molecule has 1 heterocycles. The number of rotatable bonds is 10. The molecule has 11 heteroatoms. The van der Waals surface area contributed by atoms with Gasteiger partial charge in [0.25, 0.3) is 6.43 Å². The van der Waals surface area contributed by atoms with Crippen molar-refractivity contribution in [2.24, 2.45) is 5.73 Å². The van der Waals surface area contributed by atoms with E-state index in [0.717, 1.165) is 18.3 Å². The summed E-state index contributed by atoms with van der Waals surface area (Å²) in [4.78, 5) is 12.7. The fraction of sp³-hybridized carbons (Fsp3) is 0.250. The van der Waals surface area contributed by atoms with Crippen molar-refractivity contribution in [2.75, 3.05) is 6.54 Å². The second-order valence-corrected chi connectivity index (χ2v) is 9.14. The molecule has 0 bridgehead atoms. The molecule has 2 aromatic carbocycles. The smallest absolute Gasteiger partial charge is 0.263 e. The first-order chi connectivity index (χ1) is 16.7. The molecule has 0 spiro atoms. The number of nitrogens with one attached hydrogen (secondary N) is 1. The Bertz CT molecular complexity index is 1190. The summed E-state index contributed by atoms with van der Waals surface area (Å²) in [6, 6.07) is 11.6. The highest BCUT2D eigenvalue weighted by atomic mass is 32.2. The lowest BCUT2D eigenvalue weighted by Crippen LogP contribution is -2.24. The van der Waals surface area contributed by atoms with E-state index in [0.29, 0.717) is 42.5 Å². The summed E-state index contributed by atoms with van der Waals surface area (Å²) in [5.41, 5.74) is 5.48. The van der Waals surface area contributed by atoms with Gasteiger partial charge in [0.1, 0.15) is 11.6 Å². The number of amides is 1. The quantitative estimate of drug-likeness (QED) is 0.233. The Balaban J connectivity index is 0.00000137. The molecule has 0 atom stereocenters. The summed E-state index contributed by atoms with van der Waals surface area (Å²) in [6.45, 7) is 0.234. The molecule has 0 unspecified atom stereocenters. The number of alkyl halides is 2. The summed E-state index contributed by atoms with van der Waals surface area (Å²) in [6.07, 6.45) is 1.35. The van der Waals surface area contributed by atoms with E-state index < -0.39 is 28.1 Å². The number of nitrogens with zero attached hydrogens (tertiary/aromatic N) is 1. The normalized spacial score (nSPS) is 11.1. The van der Waals surface area contributed by atoms with Crippen molar-refractivity contribution < 1.29 is 30.8 Å². The molecule has 0 aliphatic carbocycles. The number of carbonyl (C=O) groups is 1. The number of unbranched alkanes of at least 4 members (excludes halogenated alkanes) is 2. The van der Waals surface area contributed by atoms with Crippen LogP contribution in [-0.2, 0) is 21.2 Å². The molecule has 6 nitrogen and oxygen atoms in total. The average Bonchev–Trinajstić information content (AvgIpc) is 2.83. The van der Waals surface area contributed by atoms with Crippen molar-refractivity contribution in [3.63, 3.8) is 0 Å². The largest absolute Gasteiger partial charge is 0.372 e. The fourth-order valence-electron chi connectivity index (χ4n) is 3.16. The first-order valence-corrected chi connectivity index (χ1v) is 12.1. The van der Waals surface area contributed by atoms with Gasteiger partial charge in [-0.3, -0.25) is 9.78 Å². The van der Waals surface area contributed by atoms with Crippen molar-refractivity contribution >= 4 is 16.4 Å². The molecule has 0 radical (unpaired) electrons. The molecule has 3 N–H and O–H groups in total. The third-order valence-corrected chi connectivity index (χ3v) is 6.39. The van der Waals surface area contributed by atoms with Crippen LogP contribution in [0, 0.1) is 11.6 Å². The molecular formula is C24H25F4N3O3S. The number of aromatic nitrogens is 1. The van der Waals surface area contributed by atoms with E-state index in [2.05, 4.69) is 15.4 Å². The van der Waals surface area contributed by atoms with Gasteiger partial charge in [0.2, 0.25) is 16.4 Å². The maximum Gasteiger partial charge on any atom is 0.263 e. The van der Waals surface area contributed by atoms with E-state index >= 15 is 0 Å². The van der Waals surface area contributed by atoms with Crippen molar-refractivity contribution in [1.82, 2.24) is 9.71 Å². The van der Waals surface area contributed by atoms with Crippen LogP contribution in [-0.4, -0.2) is 26.4 Å². The lowest BCUT2D eigenvalue weighted by Gasteiger charge is -2.08. The summed E-state index contributed by atoms with van der Waals surface area (Å²) in [7, 11) is -3.68. The van der Waals surface area contributed by atoms with Gasteiger partial charge in [-0.05, 0) is 55.2 Å². The van der Waals surface area contributed by atoms with E-state index in [4.69, 9.17) is 4.79 Å². The zero-order valence-corrected chi connectivity index (χ0v) is 19.4. The van der Waals surface area contributed by atoms with Crippen molar-refractivity contribution in [1.29, 1.82) is 0 Å².